The van der Waals surface area contributed by atoms with Crippen LogP contribution in [0.2, 0.25) is 0 Å². The van der Waals surface area contributed by atoms with E-state index in [4.69, 9.17) is 5.73 Å². The fourth-order valence-corrected chi connectivity index (χ4v) is 3.65. The van der Waals surface area contributed by atoms with Crippen molar-refractivity contribution in [3.05, 3.63) is 107 Å². The molecule has 0 atom stereocenters. The van der Waals surface area contributed by atoms with E-state index in [9.17, 15) is 14.7 Å². The van der Waals surface area contributed by atoms with Crippen molar-refractivity contribution >= 4 is 23.2 Å². The quantitative estimate of drug-likeness (QED) is 0.263. The number of phenolic OH excluding ortho intramolecular Hbond substituents is 1. The van der Waals surface area contributed by atoms with Gasteiger partial charge in [-0.15, -0.1) is 0 Å². The average Bonchev–Trinajstić information content (AvgIpc) is 3.30. The standard InChI is InChI=1S/C26H25N5O3/c27-24(33)13-17-9-11-21(12-10-17)30-26(34)25-20(16-29-31-25)15-28-22-7-3-1-5-18(22)14-19-6-2-4-8-23(19)32/h1-12,16,28,32H,13-15H2,(H2,27,33)(H,29,31)(H,30,34). The van der Waals surface area contributed by atoms with Crippen LogP contribution in [0.25, 0.3) is 0 Å². The predicted octanol–water partition coefficient (Wildman–Crippen LogP) is 3.60. The van der Waals surface area contributed by atoms with Gasteiger partial charge < -0.3 is 21.5 Å². The molecule has 0 saturated heterocycles. The molecule has 0 radical (unpaired) electrons. The van der Waals surface area contributed by atoms with E-state index in [1.54, 1.807) is 42.6 Å². The van der Waals surface area contributed by atoms with Gasteiger partial charge in [0.2, 0.25) is 5.91 Å². The van der Waals surface area contributed by atoms with E-state index in [1.807, 2.05) is 36.4 Å². The summed E-state index contributed by atoms with van der Waals surface area (Å²) in [5.74, 6) is -0.471. The van der Waals surface area contributed by atoms with Gasteiger partial charge in [0, 0.05) is 29.9 Å². The van der Waals surface area contributed by atoms with Crippen molar-refractivity contribution in [2.45, 2.75) is 19.4 Å². The molecule has 0 aliphatic rings. The lowest BCUT2D eigenvalue weighted by atomic mass is 10.0. The van der Waals surface area contributed by atoms with Crippen molar-refractivity contribution in [1.29, 1.82) is 0 Å². The summed E-state index contributed by atoms with van der Waals surface area (Å²) >= 11 is 0. The number of primary amides is 1. The van der Waals surface area contributed by atoms with Crippen LogP contribution in [0.15, 0.2) is 79.0 Å². The smallest absolute Gasteiger partial charge is 0.274 e. The number of phenols is 1. The number of nitrogens with zero attached hydrogens (tertiary/aromatic N) is 1. The highest BCUT2D eigenvalue weighted by Crippen LogP contribution is 2.25. The van der Waals surface area contributed by atoms with Gasteiger partial charge in [-0.1, -0.05) is 48.5 Å². The fourth-order valence-electron chi connectivity index (χ4n) is 3.65. The highest BCUT2D eigenvalue weighted by atomic mass is 16.3. The summed E-state index contributed by atoms with van der Waals surface area (Å²) in [6, 6.07) is 22.0. The zero-order valence-electron chi connectivity index (χ0n) is 18.4. The first kappa shape index (κ1) is 22.6. The molecular formula is C26H25N5O3. The Bertz CT molecular complexity index is 1300. The van der Waals surface area contributed by atoms with E-state index in [1.165, 1.54) is 0 Å². The third-order valence-corrected chi connectivity index (χ3v) is 5.39. The Morgan fingerprint density at radius 1 is 0.912 bits per heavy atom. The van der Waals surface area contributed by atoms with Crippen molar-refractivity contribution in [2.75, 3.05) is 10.6 Å². The Balaban J connectivity index is 1.42. The normalized spacial score (nSPS) is 10.6. The van der Waals surface area contributed by atoms with Crippen molar-refractivity contribution in [3.63, 3.8) is 0 Å². The number of anilines is 2. The van der Waals surface area contributed by atoms with Crippen LogP contribution in [0.1, 0.15) is 32.7 Å². The SMILES string of the molecule is NC(=O)Cc1ccc(NC(=O)c2[nH]ncc2CNc2ccccc2Cc2ccccc2O)cc1. The predicted molar refractivity (Wildman–Crippen MR) is 131 cm³/mol. The number of rotatable bonds is 9. The Labute approximate surface area is 196 Å². The van der Waals surface area contributed by atoms with Gasteiger partial charge in [-0.05, 0) is 41.0 Å². The minimum Gasteiger partial charge on any atom is -0.508 e. The summed E-state index contributed by atoms with van der Waals surface area (Å²) in [7, 11) is 0. The number of hydrogen-bond acceptors (Lipinski definition) is 5. The molecular weight excluding hydrogens is 430 g/mol. The first-order valence-corrected chi connectivity index (χ1v) is 10.8. The second-order valence-electron chi connectivity index (χ2n) is 7.88. The molecule has 8 heteroatoms. The lowest BCUT2D eigenvalue weighted by molar-refractivity contribution is -0.117. The third kappa shape index (κ3) is 5.60. The Morgan fingerprint density at radius 2 is 1.62 bits per heavy atom. The first-order valence-electron chi connectivity index (χ1n) is 10.8. The number of benzene rings is 3. The summed E-state index contributed by atoms with van der Waals surface area (Å²) in [6.07, 6.45) is 2.33. The summed E-state index contributed by atoms with van der Waals surface area (Å²) in [5, 5.41) is 23.1. The molecule has 172 valence electrons. The number of nitrogens with two attached hydrogens (primary N) is 1. The molecule has 1 heterocycles. The number of carbonyl (C=O) groups excluding carboxylic acids is 2. The number of aromatic amines is 1. The molecule has 34 heavy (non-hydrogen) atoms. The van der Waals surface area contributed by atoms with E-state index in [-0.39, 0.29) is 18.1 Å². The second kappa shape index (κ2) is 10.4. The van der Waals surface area contributed by atoms with Crippen molar-refractivity contribution in [2.24, 2.45) is 5.73 Å². The van der Waals surface area contributed by atoms with Crippen molar-refractivity contribution < 1.29 is 14.7 Å². The molecule has 2 amide bonds. The number of para-hydroxylation sites is 2. The molecule has 0 aliphatic carbocycles. The van der Waals surface area contributed by atoms with Gasteiger partial charge in [0.15, 0.2) is 0 Å². The molecule has 0 fully saturated rings. The number of H-pyrrole nitrogens is 1. The van der Waals surface area contributed by atoms with Gasteiger partial charge in [-0.3, -0.25) is 14.7 Å². The van der Waals surface area contributed by atoms with E-state index in [2.05, 4.69) is 20.8 Å². The van der Waals surface area contributed by atoms with Crippen LogP contribution in [0.5, 0.6) is 5.75 Å². The van der Waals surface area contributed by atoms with Crippen LogP contribution >= 0.6 is 0 Å². The van der Waals surface area contributed by atoms with Crippen LogP contribution in [-0.4, -0.2) is 27.1 Å². The zero-order chi connectivity index (χ0) is 23.9. The highest BCUT2D eigenvalue weighted by Gasteiger charge is 2.15. The van der Waals surface area contributed by atoms with E-state index < -0.39 is 5.91 Å². The average molecular weight is 456 g/mol. The summed E-state index contributed by atoms with van der Waals surface area (Å²) < 4.78 is 0. The number of aromatic nitrogens is 2. The van der Waals surface area contributed by atoms with Gasteiger partial charge in [-0.25, -0.2) is 0 Å². The molecule has 0 saturated carbocycles. The first-order chi connectivity index (χ1) is 16.5. The van der Waals surface area contributed by atoms with E-state index in [0.717, 1.165) is 22.4 Å². The summed E-state index contributed by atoms with van der Waals surface area (Å²) in [4.78, 5) is 23.8. The van der Waals surface area contributed by atoms with Crippen LogP contribution in [0.4, 0.5) is 11.4 Å². The maximum absolute atomic E-state index is 12.8. The molecule has 1 aromatic heterocycles. The molecule has 3 aromatic carbocycles. The molecule has 4 aromatic rings. The number of aromatic hydroxyl groups is 1. The van der Waals surface area contributed by atoms with Gasteiger partial charge in [0.05, 0.1) is 12.6 Å². The Kier molecular flexibility index (Phi) is 6.88. The summed E-state index contributed by atoms with van der Waals surface area (Å²) in [6.45, 7) is 0.384. The van der Waals surface area contributed by atoms with Gasteiger partial charge in [0.1, 0.15) is 11.4 Å². The lowest BCUT2D eigenvalue weighted by Crippen LogP contribution is -2.16. The molecule has 4 rings (SSSR count). The van der Waals surface area contributed by atoms with Gasteiger partial charge in [0.25, 0.3) is 5.91 Å². The van der Waals surface area contributed by atoms with Crippen molar-refractivity contribution in [3.8, 4) is 5.75 Å². The molecule has 0 spiro atoms. The minimum absolute atomic E-state index is 0.149. The fraction of sp³-hybridized carbons (Fsp3) is 0.115. The van der Waals surface area contributed by atoms with E-state index >= 15 is 0 Å². The molecule has 6 N–H and O–H groups in total. The Morgan fingerprint density at radius 3 is 2.35 bits per heavy atom. The van der Waals surface area contributed by atoms with Crippen LogP contribution in [0.3, 0.4) is 0 Å². The number of carbonyl (C=O) groups is 2. The lowest BCUT2D eigenvalue weighted by Gasteiger charge is -2.13. The molecule has 0 bridgehead atoms. The zero-order valence-corrected chi connectivity index (χ0v) is 18.4. The second-order valence-corrected chi connectivity index (χ2v) is 7.88. The van der Waals surface area contributed by atoms with Crippen LogP contribution in [-0.2, 0) is 24.2 Å². The minimum atomic E-state index is -0.409. The van der Waals surface area contributed by atoms with E-state index in [0.29, 0.717) is 29.9 Å². The number of hydrogen-bond donors (Lipinski definition) is 5. The summed E-state index contributed by atoms with van der Waals surface area (Å²) in [5.41, 5.74) is 10.4. The van der Waals surface area contributed by atoms with Crippen LogP contribution in [0, 0.1) is 0 Å². The molecule has 0 aliphatic heterocycles. The Hall–Kier alpha value is -4.59. The topological polar surface area (TPSA) is 133 Å². The largest absolute Gasteiger partial charge is 0.508 e. The molecule has 0 unspecified atom stereocenters. The molecule has 8 nitrogen and oxygen atoms in total. The third-order valence-electron chi connectivity index (χ3n) is 5.39. The number of amides is 2. The monoisotopic (exact) mass is 455 g/mol. The number of nitrogens with one attached hydrogen (secondary N) is 3. The van der Waals surface area contributed by atoms with Gasteiger partial charge in [-0.2, -0.15) is 5.10 Å². The van der Waals surface area contributed by atoms with Crippen LogP contribution < -0.4 is 16.4 Å². The van der Waals surface area contributed by atoms with Crippen molar-refractivity contribution in [1.82, 2.24) is 10.2 Å². The van der Waals surface area contributed by atoms with Gasteiger partial charge >= 0.3 is 0 Å². The highest BCUT2D eigenvalue weighted by molar-refractivity contribution is 6.03. The maximum atomic E-state index is 12.8. The maximum Gasteiger partial charge on any atom is 0.274 e.